The maximum absolute atomic E-state index is 12.4. The third kappa shape index (κ3) is 3.44. The Morgan fingerprint density at radius 2 is 2.14 bits per heavy atom. The zero-order chi connectivity index (χ0) is 19.8. The Labute approximate surface area is 171 Å². The number of benzene rings is 1. The Hall–Kier alpha value is -3.00. The second-order valence-corrected chi connectivity index (χ2v) is 8.27. The molecule has 1 aliphatic heterocycles. The largest absolute Gasteiger partial charge is 0.328 e. The van der Waals surface area contributed by atoms with Gasteiger partial charge in [-0.15, -0.1) is 11.3 Å². The van der Waals surface area contributed by atoms with Gasteiger partial charge in [-0.25, -0.2) is 9.97 Å². The topological polar surface area (TPSA) is 81.8 Å². The second kappa shape index (κ2) is 7.44. The number of aromatic nitrogens is 4. The van der Waals surface area contributed by atoms with Gasteiger partial charge in [0.2, 0.25) is 5.91 Å². The molecule has 8 heteroatoms. The highest BCUT2D eigenvalue weighted by molar-refractivity contribution is 7.16. The first-order chi connectivity index (χ1) is 14.2. The molecular formula is C21H21N5O2S. The van der Waals surface area contributed by atoms with Gasteiger partial charge in [-0.1, -0.05) is 6.42 Å². The van der Waals surface area contributed by atoms with Gasteiger partial charge in [0.1, 0.15) is 10.7 Å². The smallest absolute Gasteiger partial charge is 0.262 e. The van der Waals surface area contributed by atoms with Crippen LogP contribution in [0.4, 0.5) is 5.69 Å². The molecule has 0 aliphatic carbocycles. The van der Waals surface area contributed by atoms with Crippen molar-refractivity contribution in [2.24, 2.45) is 0 Å². The van der Waals surface area contributed by atoms with Crippen molar-refractivity contribution in [1.29, 1.82) is 0 Å². The van der Waals surface area contributed by atoms with Crippen molar-refractivity contribution in [2.75, 3.05) is 5.32 Å². The molecule has 0 bridgehead atoms. The quantitative estimate of drug-likeness (QED) is 0.561. The number of hydrogen-bond donors (Lipinski definition) is 1. The number of nitrogens with one attached hydrogen (secondary N) is 1. The molecular weight excluding hydrogens is 386 g/mol. The van der Waals surface area contributed by atoms with Crippen LogP contribution in [0.3, 0.4) is 0 Å². The minimum absolute atomic E-state index is 0.107. The van der Waals surface area contributed by atoms with E-state index in [0.29, 0.717) is 11.9 Å². The van der Waals surface area contributed by atoms with Crippen molar-refractivity contribution in [1.82, 2.24) is 19.1 Å². The molecule has 7 nitrogen and oxygen atoms in total. The maximum Gasteiger partial charge on any atom is 0.262 e. The first-order valence-corrected chi connectivity index (χ1v) is 10.8. The molecule has 4 heterocycles. The van der Waals surface area contributed by atoms with Crippen molar-refractivity contribution >= 4 is 44.2 Å². The Balaban J connectivity index is 1.29. The summed E-state index contributed by atoms with van der Waals surface area (Å²) >= 11 is 1.44. The van der Waals surface area contributed by atoms with E-state index < -0.39 is 0 Å². The molecule has 3 aromatic heterocycles. The number of carbonyl (C=O) groups is 1. The average Bonchev–Trinajstić information content (AvgIpc) is 3.26. The Morgan fingerprint density at radius 1 is 1.21 bits per heavy atom. The number of nitrogens with zero attached hydrogens (tertiary/aromatic N) is 4. The Kier molecular flexibility index (Phi) is 4.63. The van der Waals surface area contributed by atoms with Gasteiger partial charge in [0.05, 0.1) is 22.7 Å². The Bertz CT molecular complexity index is 1270. The average molecular weight is 407 g/mol. The molecule has 0 fully saturated rings. The van der Waals surface area contributed by atoms with E-state index in [4.69, 9.17) is 4.98 Å². The van der Waals surface area contributed by atoms with E-state index in [9.17, 15) is 9.59 Å². The molecule has 1 N–H and O–H groups in total. The Morgan fingerprint density at radius 3 is 3.07 bits per heavy atom. The minimum Gasteiger partial charge on any atom is -0.328 e. The molecule has 29 heavy (non-hydrogen) atoms. The van der Waals surface area contributed by atoms with E-state index in [0.717, 1.165) is 40.3 Å². The standard InChI is InChI=1S/C21H21N5O2S/c27-19(7-10-25-13-22-20-15(21(25)28)8-11-29-20)23-14-5-6-17-16(12-14)24-18-4-2-1-3-9-26(17)18/h5-6,8,11-13H,1-4,7,9-10H2,(H,23,27). The number of imidazole rings is 1. The van der Waals surface area contributed by atoms with Gasteiger partial charge in [0.15, 0.2) is 0 Å². The van der Waals surface area contributed by atoms with Crippen molar-refractivity contribution in [3.05, 3.63) is 52.2 Å². The first kappa shape index (κ1) is 18.1. The van der Waals surface area contributed by atoms with Gasteiger partial charge < -0.3 is 9.88 Å². The lowest BCUT2D eigenvalue weighted by Gasteiger charge is -2.08. The summed E-state index contributed by atoms with van der Waals surface area (Å²) in [5.74, 6) is 0.999. The molecule has 5 rings (SSSR count). The number of anilines is 1. The summed E-state index contributed by atoms with van der Waals surface area (Å²) in [6.07, 6.45) is 6.33. The van der Waals surface area contributed by atoms with Crippen LogP contribution in [0.25, 0.3) is 21.3 Å². The maximum atomic E-state index is 12.4. The molecule has 0 saturated carbocycles. The monoisotopic (exact) mass is 407 g/mol. The van der Waals surface area contributed by atoms with Gasteiger partial charge in [-0.2, -0.15) is 0 Å². The van der Waals surface area contributed by atoms with Gasteiger partial charge in [0.25, 0.3) is 5.56 Å². The highest BCUT2D eigenvalue weighted by Crippen LogP contribution is 2.24. The highest BCUT2D eigenvalue weighted by atomic mass is 32.1. The van der Waals surface area contributed by atoms with Crippen LogP contribution in [0.5, 0.6) is 0 Å². The van der Waals surface area contributed by atoms with Gasteiger partial charge in [0, 0.05) is 31.6 Å². The fourth-order valence-electron chi connectivity index (χ4n) is 3.93. The fourth-order valence-corrected chi connectivity index (χ4v) is 4.65. The van der Waals surface area contributed by atoms with E-state index in [-0.39, 0.29) is 17.9 Å². The van der Waals surface area contributed by atoms with E-state index in [2.05, 4.69) is 14.9 Å². The summed E-state index contributed by atoms with van der Waals surface area (Å²) in [6, 6.07) is 7.66. The van der Waals surface area contributed by atoms with Crippen LogP contribution in [0.2, 0.25) is 0 Å². The molecule has 0 atom stereocenters. The molecule has 0 saturated heterocycles. The predicted octanol–water partition coefficient (Wildman–Crippen LogP) is 3.56. The molecule has 0 spiro atoms. The van der Waals surface area contributed by atoms with Crippen molar-refractivity contribution in [2.45, 2.75) is 45.2 Å². The van der Waals surface area contributed by atoms with Crippen LogP contribution in [0.15, 0.2) is 40.8 Å². The molecule has 1 amide bonds. The molecule has 4 aromatic rings. The third-order valence-electron chi connectivity index (χ3n) is 5.42. The summed E-state index contributed by atoms with van der Waals surface area (Å²) in [5.41, 5.74) is 2.67. The molecule has 0 unspecified atom stereocenters. The van der Waals surface area contributed by atoms with E-state index in [1.54, 1.807) is 6.07 Å². The van der Waals surface area contributed by atoms with Crippen molar-refractivity contribution in [3.63, 3.8) is 0 Å². The number of fused-ring (bicyclic) bond motifs is 4. The molecule has 1 aromatic carbocycles. The number of carbonyl (C=O) groups excluding carboxylic acids is 1. The van der Waals surface area contributed by atoms with Crippen LogP contribution < -0.4 is 10.9 Å². The van der Waals surface area contributed by atoms with Crippen molar-refractivity contribution in [3.8, 4) is 0 Å². The molecule has 0 radical (unpaired) electrons. The van der Waals surface area contributed by atoms with Crippen LogP contribution >= 0.6 is 11.3 Å². The lowest BCUT2D eigenvalue weighted by Crippen LogP contribution is -2.23. The predicted molar refractivity (Wildman–Crippen MR) is 114 cm³/mol. The summed E-state index contributed by atoms with van der Waals surface area (Å²) in [4.78, 5) is 34.6. The SMILES string of the molecule is O=C(CCn1cnc2sccc2c1=O)Nc1ccc2c(c1)nc1n2CCCCC1. The fraction of sp³-hybridized carbons (Fsp3) is 0.333. The lowest BCUT2D eigenvalue weighted by molar-refractivity contribution is -0.116. The number of thiophene rings is 1. The normalized spacial score (nSPS) is 14.1. The van der Waals surface area contributed by atoms with Crippen LogP contribution in [0, 0.1) is 0 Å². The van der Waals surface area contributed by atoms with Gasteiger partial charge in [-0.05, 0) is 42.5 Å². The number of hydrogen-bond acceptors (Lipinski definition) is 5. The van der Waals surface area contributed by atoms with E-state index in [1.807, 2.05) is 23.6 Å². The second-order valence-electron chi connectivity index (χ2n) is 7.37. The van der Waals surface area contributed by atoms with Crippen LogP contribution in [0.1, 0.15) is 31.5 Å². The van der Waals surface area contributed by atoms with Gasteiger partial charge >= 0.3 is 0 Å². The number of amides is 1. The summed E-state index contributed by atoms with van der Waals surface area (Å²) in [6.45, 7) is 1.30. The summed E-state index contributed by atoms with van der Waals surface area (Å²) < 4.78 is 3.79. The zero-order valence-electron chi connectivity index (χ0n) is 15.9. The summed E-state index contributed by atoms with van der Waals surface area (Å²) in [7, 11) is 0. The summed E-state index contributed by atoms with van der Waals surface area (Å²) in [5, 5.41) is 5.38. The van der Waals surface area contributed by atoms with Crippen molar-refractivity contribution < 1.29 is 4.79 Å². The van der Waals surface area contributed by atoms with E-state index >= 15 is 0 Å². The van der Waals surface area contributed by atoms with E-state index in [1.165, 1.54) is 41.5 Å². The zero-order valence-corrected chi connectivity index (χ0v) is 16.7. The molecule has 1 aliphatic rings. The van der Waals surface area contributed by atoms with Crippen LogP contribution in [-0.2, 0) is 24.3 Å². The molecule has 148 valence electrons. The number of rotatable bonds is 4. The van der Waals surface area contributed by atoms with Crippen LogP contribution in [-0.4, -0.2) is 25.0 Å². The first-order valence-electron chi connectivity index (χ1n) is 9.91. The number of aryl methyl sites for hydroxylation is 3. The van der Waals surface area contributed by atoms with Gasteiger partial charge in [-0.3, -0.25) is 14.2 Å². The minimum atomic E-state index is -0.137. The highest BCUT2D eigenvalue weighted by Gasteiger charge is 2.14. The lowest BCUT2D eigenvalue weighted by atomic mass is 10.2. The third-order valence-corrected chi connectivity index (χ3v) is 6.24.